The molecule has 2 aromatic carbocycles. The summed E-state index contributed by atoms with van der Waals surface area (Å²) in [5.41, 5.74) is 7.94. The summed E-state index contributed by atoms with van der Waals surface area (Å²) in [5.74, 6) is 0.295. The van der Waals surface area contributed by atoms with Gasteiger partial charge in [-0.25, -0.2) is 23.7 Å². The van der Waals surface area contributed by atoms with Crippen LogP contribution in [0.2, 0.25) is 0 Å². The van der Waals surface area contributed by atoms with Crippen LogP contribution in [0.15, 0.2) is 42.5 Å². The van der Waals surface area contributed by atoms with Crippen molar-refractivity contribution in [3.05, 3.63) is 65.0 Å². The minimum absolute atomic E-state index is 0.110. The molecule has 0 spiro atoms. The molecule has 0 fully saturated rings. The second-order valence-electron chi connectivity index (χ2n) is 8.44. The molecule has 4 N–H and O–H groups in total. The van der Waals surface area contributed by atoms with Crippen LogP contribution >= 0.6 is 0 Å². The van der Waals surface area contributed by atoms with Crippen molar-refractivity contribution in [2.24, 2.45) is 5.73 Å². The lowest BCUT2D eigenvalue weighted by atomic mass is 10.1. The summed E-state index contributed by atoms with van der Waals surface area (Å²) >= 11 is 0. The summed E-state index contributed by atoms with van der Waals surface area (Å²) in [6, 6.07) is 9.28. The Bertz CT molecular complexity index is 1020. The Morgan fingerprint density at radius 3 is 2.76 bits per heavy atom. The zero-order valence-electron chi connectivity index (χ0n) is 18.8. The molecule has 0 aliphatic carbocycles. The number of carbonyl (C=O) groups excluding carboxylic acids is 2. The lowest BCUT2D eigenvalue weighted by molar-refractivity contribution is -0.225. The van der Waals surface area contributed by atoms with Gasteiger partial charge in [0.25, 0.3) is 0 Å². The number of carbonyl (C=O) groups is 2. The van der Waals surface area contributed by atoms with E-state index in [1.165, 1.54) is 24.3 Å². The van der Waals surface area contributed by atoms with Crippen molar-refractivity contribution in [2.75, 3.05) is 13.2 Å². The lowest BCUT2D eigenvalue weighted by Crippen LogP contribution is -2.53. The Hall–Kier alpha value is -3.21. The molecule has 9 nitrogen and oxygen atoms in total. The molecule has 2 atom stereocenters. The molecule has 0 saturated carbocycles. The van der Waals surface area contributed by atoms with Crippen molar-refractivity contribution >= 4 is 12.1 Å². The maximum Gasteiger partial charge on any atom is 0.352 e. The third-order valence-electron chi connectivity index (χ3n) is 5.84. The Morgan fingerprint density at radius 2 is 2.03 bits per heavy atom. The molecule has 4 amide bonds. The number of urea groups is 2. The number of halogens is 1. The number of imide groups is 1. The minimum Gasteiger partial charge on any atom is -0.462 e. The average Bonchev–Trinajstić information content (AvgIpc) is 3.27. The normalized spacial score (nSPS) is 17.0. The fourth-order valence-electron chi connectivity index (χ4n) is 4.02. The summed E-state index contributed by atoms with van der Waals surface area (Å²) < 4.78 is 19.1. The van der Waals surface area contributed by atoms with Crippen LogP contribution in [0.4, 0.5) is 14.0 Å². The molecule has 2 heterocycles. The summed E-state index contributed by atoms with van der Waals surface area (Å²) in [5, 5.41) is 13.5. The first-order chi connectivity index (χ1) is 16.5. The van der Waals surface area contributed by atoms with Gasteiger partial charge in [-0.2, -0.15) is 5.06 Å². The van der Waals surface area contributed by atoms with Gasteiger partial charge in [-0.05, 0) is 54.8 Å². The predicted molar refractivity (Wildman–Crippen MR) is 121 cm³/mol. The Labute approximate surface area is 197 Å². The number of nitrogens with one attached hydrogen (secondary N) is 1. The van der Waals surface area contributed by atoms with Crippen LogP contribution in [0, 0.1) is 5.82 Å². The maximum absolute atomic E-state index is 13.5. The summed E-state index contributed by atoms with van der Waals surface area (Å²) in [4.78, 5) is 33.6. The number of fused-ring (bicyclic) bond motifs is 2. The lowest BCUT2D eigenvalue weighted by Gasteiger charge is -2.31. The van der Waals surface area contributed by atoms with Gasteiger partial charge in [0.2, 0.25) is 6.29 Å². The van der Waals surface area contributed by atoms with Gasteiger partial charge in [-0.15, -0.1) is 0 Å². The first-order valence-electron chi connectivity index (χ1n) is 11.4. The van der Waals surface area contributed by atoms with Crippen LogP contribution in [0.5, 0.6) is 5.75 Å². The van der Waals surface area contributed by atoms with E-state index in [4.69, 9.17) is 15.3 Å². The second-order valence-corrected chi connectivity index (χ2v) is 8.44. The topological polar surface area (TPSA) is 117 Å². The van der Waals surface area contributed by atoms with E-state index >= 15 is 0 Å². The number of hydrogen-bond donors (Lipinski definition) is 3. The Morgan fingerprint density at radius 1 is 1.24 bits per heavy atom. The highest BCUT2D eigenvalue weighted by Gasteiger charge is 2.35. The SMILES string of the molecule is NCCCCC(CO)NC(=O)N(Cc1ccc(F)cc1)C(=O)N1Cc2ccc3c(c2)CC(O3)O1. The number of nitrogens with zero attached hydrogens (tertiary/aromatic N) is 2. The summed E-state index contributed by atoms with van der Waals surface area (Å²) in [6.45, 7) is 0.249. The van der Waals surface area contributed by atoms with Crippen molar-refractivity contribution in [3.8, 4) is 5.75 Å². The van der Waals surface area contributed by atoms with Crippen LogP contribution in [-0.2, 0) is 24.3 Å². The minimum atomic E-state index is -0.692. The molecule has 2 aliphatic heterocycles. The molecule has 2 aromatic rings. The van der Waals surface area contributed by atoms with E-state index in [2.05, 4.69) is 5.32 Å². The number of rotatable bonds is 8. The van der Waals surface area contributed by atoms with Crippen LogP contribution in [0.3, 0.4) is 0 Å². The zero-order chi connectivity index (χ0) is 24.1. The monoisotopic (exact) mass is 472 g/mol. The number of hydrogen-bond acceptors (Lipinski definition) is 6. The molecule has 2 unspecified atom stereocenters. The van der Waals surface area contributed by atoms with Gasteiger partial charge >= 0.3 is 12.1 Å². The molecular weight excluding hydrogens is 443 g/mol. The molecule has 0 saturated heterocycles. The highest BCUT2D eigenvalue weighted by atomic mass is 19.1. The quantitative estimate of drug-likeness (QED) is 0.509. The van der Waals surface area contributed by atoms with Crippen molar-refractivity contribution in [1.82, 2.24) is 15.3 Å². The van der Waals surface area contributed by atoms with Gasteiger partial charge in [0, 0.05) is 12.0 Å². The molecule has 4 rings (SSSR count). The van der Waals surface area contributed by atoms with E-state index in [-0.39, 0.29) is 19.7 Å². The van der Waals surface area contributed by atoms with Crippen LogP contribution < -0.4 is 15.8 Å². The number of benzene rings is 2. The number of unbranched alkanes of at least 4 members (excludes halogenated alkanes) is 1. The molecular formula is C24H29FN4O5. The number of nitrogens with two attached hydrogens (primary N) is 1. The van der Waals surface area contributed by atoms with E-state index in [9.17, 15) is 19.1 Å². The van der Waals surface area contributed by atoms with Crippen molar-refractivity contribution in [1.29, 1.82) is 0 Å². The van der Waals surface area contributed by atoms with Gasteiger partial charge in [0.15, 0.2) is 0 Å². The third-order valence-corrected chi connectivity index (χ3v) is 5.84. The molecule has 3 bridgehead atoms. The Kier molecular flexibility index (Phi) is 7.61. The van der Waals surface area contributed by atoms with Gasteiger partial charge in [-0.1, -0.05) is 24.6 Å². The van der Waals surface area contributed by atoms with Gasteiger partial charge in [0.1, 0.15) is 11.6 Å². The van der Waals surface area contributed by atoms with Gasteiger partial charge in [0.05, 0.1) is 25.7 Å². The van der Waals surface area contributed by atoms with Gasteiger partial charge < -0.3 is 20.9 Å². The summed E-state index contributed by atoms with van der Waals surface area (Å²) in [6.07, 6.45) is 1.81. The summed E-state index contributed by atoms with van der Waals surface area (Å²) in [7, 11) is 0. The van der Waals surface area contributed by atoms with Crippen molar-refractivity contribution < 1.29 is 28.7 Å². The smallest absolute Gasteiger partial charge is 0.352 e. The molecule has 34 heavy (non-hydrogen) atoms. The fraction of sp³-hybridized carbons (Fsp3) is 0.417. The maximum atomic E-state index is 13.5. The number of amides is 4. The molecule has 0 radical (unpaired) electrons. The number of aliphatic hydroxyl groups is 1. The van der Waals surface area contributed by atoms with E-state index in [1.54, 1.807) is 0 Å². The average molecular weight is 473 g/mol. The van der Waals surface area contributed by atoms with Crippen LogP contribution in [0.1, 0.15) is 36.0 Å². The van der Waals surface area contributed by atoms with Crippen LogP contribution in [-0.4, -0.2) is 52.6 Å². The van der Waals surface area contributed by atoms with Crippen LogP contribution in [0.25, 0.3) is 0 Å². The predicted octanol–water partition coefficient (Wildman–Crippen LogP) is 2.66. The second kappa shape index (κ2) is 10.8. The molecule has 0 aromatic heterocycles. The first-order valence-corrected chi connectivity index (χ1v) is 11.4. The van der Waals surface area contributed by atoms with E-state index in [0.717, 1.165) is 33.9 Å². The Balaban J connectivity index is 1.53. The number of ether oxygens (including phenoxy) is 1. The number of hydroxylamine groups is 2. The number of aliphatic hydroxyl groups excluding tert-OH is 1. The van der Waals surface area contributed by atoms with E-state index < -0.39 is 30.2 Å². The van der Waals surface area contributed by atoms with E-state index in [1.807, 2.05) is 18.2 Å². The molecule has 10 heteroatoms. The standard InChI is InChI=1S/C24H29FN4O5/c25-19-7-4-16(5-8-19)13-28(23(31)27-20(15-30)3-1-2-10-26)24(32)29-14-17-6-9-21-18(11-17)12-22(33-21)34-29/h4-9,11,20,22,30H,1-3,10,12-15,26H2,(H,27,31). The molecule has 182 valence electrons. The van der Waals surface area contributed by atoms with Crippen molar-refractivity contribution in [3.63, 3.8) is 0 Å². The third kappa shape index (κ3) is 5.64. The molecule has 2 aliphatic rings. The van der Waals surface area contributed by atoms with Crippen molar-refractivity contribution in [2.45, 2.75) is 51.1 Å². The largest absolute Gasteiger partial charge is 0.462 e. The van der Waals surface area contributed by atoms with E-state index in [0.29, 0.717) is 30.7 Å². The highest BCUT2D eigenvalue weighted by Crippen LogP contribution is 2.33. The zero-order valence-corrected chi connectivity index (χ0v) is 18.8. The van der Waals surface area contributed by atoms with Gasteiger partial charge in [-0.3, -0.25) is 0 Å². The highest BCUT2D eigenvalue weighted by molar-refractivity contribution is 5.93. The fourth-order valence-corrected chi connectivity index (χ4v) is 4.02. The first kappa shape index (κ1) is 23.9.